The summed E-state index contributed by atoms with van der Waals surface area (Å²) in [5, 5.41) is 6.91. The van der Waals surface area contributed by atoms with Crippen LogP contribution in [0.3, 0.4) is 0 Å². The standard InChI is InChI=1S/C25H23N3O3/c29-24(19-10-11-19)27-22-14-12-20(13-15-22)25(30)28-26-16-21-8-4-5-9-23(21)31-17-18-6-2-1-3-7-18/h1-9,12-16,19H,10-11,17H2,(H,27,29)(H,28,30)/b26-16+. The summed E-state index contributed by atoms with van der Waals surface area (Å²) < 4.78 is 5.89. The highest BCUT2D eigenvalue weighted by atomic mass is 16.5. The lowest BCUT2D eigenvalue weighted by Gasteiger charge is -2.09. The van der Waals surface area contributed by atoms with Gasteiger partial charge in [-0.15, -0.1) is 0 Å². The van der Waals surface area contributed by atoms with Crippen molar-refractivity contribution in [2.45, 2.75) is 19.4 Å². The molecule has 156 valence electrons. The van der Waals surface area contributed by atoms with Gasteiger partial charge >= 0.3 is 0 Å². The predicted octanol–water partition coefficient (Wildman–Crippen LogP) is 4.38. The van der Waals surface area contributed by atoms with Crippen LogP contribution in [0, 0.1) is 5.92 Å². The van der Waals surface area contributed by atoms with Gasteiger partial charge in [-0.1, -0.05) is 42.5 Å². The van der Waals surface area contributed by atoms with Crippen LogP contribution in [0.2, 0.25) is 0 Å². The first kappa shape index (κ1) is 20.3. The van der Waals surface area contributed by atoms with E-state index in [4.69, 9.17) is 4.74 Å². The van der Waals surface area contributed by atoms with Crippen LogP contribution < -0.4 is 15.5 Å². The van der Waals surface area contributed by atoms with E-state index >= 15 is 0 Å². The number of hydrazone groups is 1. The first-order valence-electron chi connectivity index (χ1n) is 10.2. The Morgan fingerprint density at radius 1 is 0.935 bits per heavy atom. The highest BCUT2D eigenvalue weighted by Crippen LogP contribution is 2.30. The van der Waals surface area contributed by atoms with Crippen LogP contribution in [0.25, 0.3) is 0 Å². The van der Waals surface area contributed by atoms with Crippen LogP contribution in [0.4, 0.5) is 5.69 Å². The minimum absolute atomic E-state index is 0.0370. The average molecular weight is 413 g/mol. The summed E-state index contributed by atoms with van der Waals surface area (Å²) in [5.74, 6) is 0.519. The number of anilines is 1. The van der Waals surface area contributed by atoms with Crippen molar-refractivity contribution in [3.8, 4) is 5.75 Å². The van der Waals surface area contributed by atoms with Crippen LogP contribution in [-0.2, 0) is 11.4 Å². The molecule has 0 saturated heterocycles. The van der Waals surface area contributed by atoms with Crippen molar-refractivity contribution in [3.05, 3.63) is 95.6 Å². The molecule has 6 nitrogen and oxygen atoms in total. The van der Waals surface area contributed by atoms with Gasteiger partial charge in [-0.2, -0.15) is 5.10 Å². The van der Waals surface area contributed by atoms with E-state index in [2.05, 4.69) is 15.8 Å². The first-order valence-corrected chi connectivity index (χ1v) is 10.2. The second-order valence-corrected chi connectivity index (χ2v) is 7.35. The number of para-hydroxylation sites is 1. The molecule has 4 rings (SSSR count). The minimum atomic E-state index is -0.334. The maximum Gasteiger partial charge on any atom is 0.271 e. The zero-order chi connectivity index (χ0) is 21.5. The van der Waals surface area contributed by atoms with Crippen molar-refractivity contribution in [2.24, 2.45) is 11.0 Å². The molecule has 0 aliphatic heterocycles. The normalized spacial score (nSPS) is 13.0. The number of rotatable bonds is 8. The summed E-state index contributed by atoms with van der Waals surface area (Å²) in [4.78, 5) is 24.1. The lowest BCUT2D eigenvalue weighted by molar-refractivity contribution is -0.117. The van der Waals surface area contributed by atoms with Gasteiger partial charge in [-0.3, -0.25) is 9.59 Å². The van der Waals surface area contributed by atoms with Gasteiger partial charge in [0.05, 0.1) is 6.21 Å². The third kappa shape index (κ3) is 5.79. The third-order valence-electron chi connectivity index (χ3n) is 4.89. The van der Waals surface area contributed by atoms with Crippen LogP contribution in [0.5, 0.6) is 5.75 Å². The summed E-state index contributed by atoms with van der Waals surface area (Å²) in [6, 6.07) is 24.1. The van der Waals surface area contributed by atoms with Crippen LogP contribution in [0.1, 0.15) is 34.3 Å². The number of hydrogen-bond acceptors (Lipinski definition) is 4. The minimum Gasteiger partial charge on any atom is -0.488 e. The highest BCUT2D eigenvalue weighted by molar-refractivity contribution is 5.97. The first-order chi connectivity index (χ1) is 15.2. The van der Waals surface area contributed by atoms with Crippen molar-refractivity contribution in [3.63, 3.8) is 0 Å². The molecule has 3 aromatic rings. The fraction of sp³-hybridized carbons (Fsp3) is 0.160. The monoisotopic (exact) mass is 413 g/mol. The molecule has 31 heavy (non-hydrogen) atoms. The SMILES string of the molecule is O=C(N/N=C/c1ccccc1OCc1ccccc1)c1ccc(NC(=O)C2CC2)cc1. The molecule has 0 spiro atoms. The quantitative estimate of drug-likeness (QED) is 0.425. The Balaban J connectivity index is 1.32. The second-order valence-electron chi connectivity index (χ2n) is 7.35. The summed E-state index contributed by atoms with van der Waals surface area (Å²) in [6.45, 7) is 0.446. The number of nitrogens with zero attached hydrogens (tertiary/aromatic N) is 1. The Bertz CT molecular complexity index is 1070. The van der Waals surface area contributed by atoms with Gasteiger partial charge in [0.15, 0.2) is 0 Å². The molecule has 0 bridgehead atoms. The summed E-state index contributed by atoms with van der Waals surface area (Å²) in [6.07, 6.45) is 3.46. The van der Waals surface area contributed by atoms with E-state index in [1.807, 2.05) is 54.6 Å². The fourth-order valence-corrected chi connectivity index (χ4v) is 2.97. The van der Waals surface area contributed by atoms with E-state index < -0.39 is 0 Å². The van der Waals surface area contributed by atoms with Gasteiger partial charge in [-0.25, -0.2) is 5.43 Å². The number of benzene rings is 3. The maximum absolute atomic E-state index is 12.3. The van der Waals surface area contributed by atoms with Gasteiger partial charge in [0.2, 0.25) is 5.91 Å². The molecule has 3 aromatic carbocycles. The number of amides is 2. The molecule has 2 amide bonds. The van der Waals surface area contributed by atoms with E-state index in [1.165, 1.54) is 0 Å². The Hall–Kier alpha value is -3.93. The molecule has 1 aliphatic rings. The van der Waals surface area contributed by atoms with E-state index in [0.29, 0.717) is 23.6 Å². The molecule has 1 fully saturated rings. The number of ether oxygens (including phenoxy) is 1. The van der Waals surface area contributed by atoms with E-state index in [9.17, 15) is 9.59 Å². The molecule has 0 atom stereocenters. The third-order valence-corrected chi connectivity index (χ3v) is 4.89. The highest BCUT2D eigenvalue weighted by Gasteiger charge is 2.29. The zero-order valence-corrected chi connectivity index (χ0v) is 17.0. The van der Waals surface area contributed by atoms with Gasteiger partial charge in [0.1, 0.15) is 12.4 Å². The number of hydrogen-bond donors (Lipinski definition) is 2. The maximum atomic E-state index is 12.3. The largest absolute Gasteiger partial charge is 0.488 e. The molecule has 0 heterocycles. The summed E-state index contributed by atoms with van der Waals surface area (Å²) in [7, 11) is 0. The predicted molar refractivity (Wildman–Crippen MR) is 120 cm³/mol. The van der Waals surface area contributed by atoms with Crippen molar-refractivity contribution >= 4 is 23.7 Å². The van der Waals surface area contributed by atoms with Gasteiger partial charge in [-0.05, 0) is 54.8 Å². The number of carbonyl (C=O) groups is 2. The molecule has 0 radical (unpaired) electrons. The van der Waals surface area contributed by atoms with Crippen LogP contribution in [0.15, 0.2) is 84.0 Å². The van der Waals surface area contributed by atoms with Gasteiger partial charge in [0.25, 0.3) is 5.91 Å². The number of nitrogens with one attached hydrogen (secondary N) is 2. The summed E-state index contributed by atoms with van der Waals surface area (Å²) in [5.41, 5.74) is 5.49. The molecule has 0 unspecified atom stereocenters. The second kappa shape index (κ2) is 9.71. The van der Waals surface area contributed by atoms with Crippen molar-refractivity contribution in [1.82, 2.24) is 5.43 Å². The molecular formula is C25H23N3O3. The van der Waals surface area contributed by atoms with Crippen molar-refractivity contribution < 1.29 is 14.3 Å². The molecule has 6 heteroatoms. The lowest BCUT2D eigenvalue weighted by Crippen LogP contribution is -2.18. The van der Waals surface area contributed by atoms with Crippen molar-refractivity contribution in [2.75, 3.05) is 5.32 Å². The molecule has 0 aromatic heterocycles. The fourth-order valence-electron chi connectivity index (χ4n) is 2.97. The van der Waals surface area contributed by atoms with Crippen LogP contribution >= 0.6 is 0 Å². The van der Waals surface area contributed by atoms with Gasteiger partial charge in [0, 0.05) is 22.7 Å². The molecular weight excluding hydrogens is 390 g/mol. The zero-order valence-electron chi connectivity index (χ0n) is 17.0. The Labute approximate surface area is 180 Å². The topological polar surface area (TPSA) is 79.8 Å². The summed E-state index contributed by atoms with van der Waals surface area (Å²) >= 11 is 0. The van der Waals surface area contributed by atoms with E-state index in [1.54, 1.807) is 30.5 Å². The van der Waals surface area contributed by atoms with E-state index in [-0.39, 0.29) is 17.7 Å². The van der Waals surface area contributed by atoms with Crippen LogP contribution in [-0.4, -0.2) is 18.0 Å². The lowest BCUT2D eigenvalue weighted by atomic mass is 10.2. The molecule has 1 saturated carbocycles. The molecule has 1 aliphatic carbocycles. The van der Waals surface area contributed by atoms with E-state index in [0.717, 1.165) is 24.0 Å². The Morgan fingerprint density at radius 2 is 1.65 bits per heavy atom. The van der Waals surface area contributed by atoms with Crippen molar-refractivity contribution in [1.29, 1.82) is 0 Å². The Kier molecular flexibility index (Phi) is 6.38. The molecule has 2 N–H and O–H groups in total. The van der Waals surface area contributed by atoms with Gasteiger partial charge < -0.3 is 10.1 Å². The smallest absolute Gasteiger partial charge is 0.271 e. The average Bonchev–Trinajstić information content (AvgIpc) is 3.65. The number of carbonyl (C=O) groups excluding carboxylic acids is 2. The Morgan fingerprint density at radius 3 is 2.39 bits per heavy atom.